The smallest absolute Gasteiger partial charge is 0.290 e. The van der Waals surface area contributed by atoms with Crippen LogP contribution in [-0.2, 0) is 33.6 Å². The Kier molecular flexibility index (Phi) is 17.6. The maximum atomic E-state index is 14.2. The Morgan fingerprint density at radius 2 is 1.55 bits per heavy atom. The van der Waals surface area contributed by atoms with Crippen molar-refractivity contribution in [3.05, 3.63) is 59.7 Å². The number of carbonyl (C=O) groups is 8. The Labute approximate surface area is 350 Å². The predicted octanol–water partition coefficient (Wildman–Crippen LogP) is 0.390. The summed E-state index contributed by atoms with van der Waals surface area (Å²) < 4.78 is 0. The number of aromatic nitrogens is 2. The third-order valence-electron chi connectivity index (χ3n) is 10.8. The van der Waals surface area contributed by atoms with Gasteiger partial charge in [-0.1, -0.05) is 76.8 Å². The van der Waals surface area contributed by atoms with Crippen LogP contribution in [0.15, 0.2) is 42.7 Å². The zero-order valence-corrected chi connectivity index (χ0v) is 35.1. The molecule has 18 heteroatoms. The van der Waals surface area contributed by atoms with E-state index in [2.05, 4.69) is 41.9 Å². The first kappa shape index (κ1) is 46.9. The molecule has 6 atom stereocenters. The van der Waals surface area contributed by atoms with Gasteiger partial charge in [0.25, 0.3) is 11.8 Å². The molecular formula is C42H60N10O8. The molecule has 4 rings (SSSR count). The standard InChI is InChI=1S/C42H60N10O8/c1-6-13-28(36(54)41(59)47-23-31(53)51-33(42(60)52(4)5)26-16-11-8-12-17-26)48-38(56)27-21-44-22-30(27)50-39(57)29(20-24(2)3)49-40(58)32(25-14-9-7-10-15-25)34-35(37(43)55)46-19-18-45-34/h8,11-12,16-19,24-25,27-30,32-33,44H,6-7,9-10,13-15,20-23H2,1-5H3,(H2,43,55)(H,47,59)(H,48,56)(H,49,58)(H,50,57)(H,51,53)/t27-,28+,29+,30+,32+,33+/m1/s1. The first-order valence-electron chi connectivity index (χ1n) is 20.7. The molecule has 0 bridgehead atoms. The highest BCUT2D eigenvalue weighted by atomic mass is 16.2. The number of Topliss-reactive ketones (excluding diaryl/α,β-unsaturated/α-hetero) is 1. The fourth-order valence-corrected chi connectivity index (χ4v) is 7.79. The van der Waals surface area contributed by atoms with Crippen molar-refractivity contribution in [1.82, 2.24) is 46.8 Å². The number of carbonyl (C=O) groups excluding carboxylic acids is 8. The van der Waals surface area contributed by atoms with Crippen LogP contribution in [0.1, 0.15) is 106 Å². The molecule has 1 aromatic heterocycles. The summed E-state index contributed by atoms with van der Waals surface area (Å²) in [5.41, 5.74) is 6.26. The molecule has 326 valence electrons. The van der Waals surface area contributed by atoms with E-state index < -0.39 is 83.8 Å². The molecule has 8 N–H and O–H groups in total. The SMILES string of the molecule is CCC[C@H](NC(=O)[C@@H]1CNC[C@@H]1NC(=O)[C@H](CC(C)C)NC(=O)[C@H](c1nccnc1C(N)=O)C1CCCCC1)C(=O)C(=O)NCC(=O)N[C@H](C(=O)N(C)C)c1ccccc1. The Bertz CT molecular complexity index is 1850. The highest BCUT2D eigenvalue weighted by Gasteiger charge is 2.40. The number of primary amides is 1. The molecular weight excluding hydrogens is 773 g/mol. The highest BCUT2D eigenvalue weighted by molar-refractivity contribution is 6.38. The summed E-state index contributed by atoms with van der Waals surface area (Å²) in [7, 11) is 3.10. The van der Waals surface area contributed by atoms with E-state index in [0.717, 1.165) is 32.1 Å². The van der Waals surface area contributed by atoms with Gasteiger partial charge in [0.1, 0.15) is 17.8 Å². The Morgan fingerprint density at radius 1 is 0.867 bits per heavy atom. The molecule has 1 aliphatic carbocycles. The number of amides is 7. The minimum absolute atomic E-state index is 0.0171. The summed E-state index contributed by atoms with van der Waals surface area (Å²) >= 11 is 0. The van der Waals surface area contributed by atoms with Crippen molar-refractivity contribution in [2.24, 2.45) is 23.5 Å². The Balaban J connectivity index is 1.41. The van der Waals surface area contributed by atoms with Gasteiger partial charge in [-0.25, -0.2) is 4.98 Å². The molecule has 0 unspecified atom stereocenters. The van der Waals surface area contributed by atoms with E-state index in [-0.39, 0.29) is 55.1 Å². The van der Waals surface area contributed by atoms with Gasteiger partial charge >= 0.3 is 0 Å². The van der Waals surface area contributed by atoms with E-state index in [1.807, 2.05) is 13.8 Å². The third kappa shape index (κ3) is 12.9. The fraction of sp³-hybridized carbons (Fsp3) is 0.571. The number of nitrogens with one attached hydrogen (secondary N) is 6. The van der Waals surface area contributed by atoms with Gasteiger partial charge in [0.15, 0.2) is 0 Å². The lowest BCUT2D eigenvalue weighted by Crippen LogP contribution is -2.56. The second-order valence-corrected chi connectivity index (χ2v) is 16.1. The van der Waals surface area contributed by atoms with Crippen LogP contribution in [0.4, 0.5) is 0 Å². The van der Waals surface area contributed by atoms with E-state index in [1.54, 1.807) is 51.4 Å². The summed E-state index contributed by atoms with van der Waals surface area (Å²) in [6.07, 6.45) is 7.86. The summed E-state index contributed by atoms with van der Waals surface area (Å²) in [5.74, 6) is -7.36. The summed E-state index contributed by atoms with van der Waals surface area (Å²) in [6.45, 7) is 5.40. The van der Waals surface area contributed by atoms with Gasteiger partial charge < -0.3 is 42.5 Å². The van der Waals surface area contributed by atoms with Gasteiger partial charge in [0, 0.05) is 39.6 Å². The van der Waals surface area contributed by atoms with E-state index >= 15 is 0 Å². The molecule has 18 nitrogen and oxygen atoms in total. The van der Waals surface area contributed by atoms with E-state index in [0.29, 0.717) is 12.0 Å². The van der Waals surface area contributed by atoms with E-state index in [9.17, 15) is 38.4 Å². The number of rotatable bonds is 20. The monoisotopic (exact) mass is 832 g/mol. The molecule has 1 saturated heterocycles. The van der Waals surface area contributed by atoms with Crippen molar-refractivity contribution >= 4 is 47.1 Å². The average Bonchev–Trinajstić information content (AvgIpc) is 3.69. The highest BCUT2D eigenvalue weighted by Crippen LogP contribution is 2.36. The van der Waals surface area contributed by atoms with E-state index in [1.165, 1.54) is 17.3 Å². The number of likely N-dealkylation sites (N-methyl/N-ethyl adjacent to an activating group) is 1. The second-order valence-electron chi connectivity index (χ2n) is 16.1. The first-order valence-corrected chi connectivity index (χ1v) is 20.7. The zero-order valence-electron chi connectivity index (χ0n) is 35.1. The van der Waals surface area contributed by atoms with Crippen LogP contribution >= 0.6 is 0 Å². The molecule has 0 radical (unpaired) electrons. The van der Waals surface area contributed by atoms with Gasteiger partial charge in [-0.2, -0.15) is 0 Å². The predicted molar refractivity (Wildman–Crippen MR) is 220 cm³/mol. The maximum absolute atomic E-state index is 14.2. The lowest BCUT2D eigenvalue weighted by molar-refractivity contribution is -0.141. The van der Waals surface area contributed by atoms with Gasteiger partial charge in [-0.05, 0) is 43.1 Å². The van der Waals surface area contributed by atoms with Crippen molar-refractivity contribution < 1.29 is 38.4 Å². The summed E-state index contributed by atoms with van der Waals surface area (Å²) in [5, 5.41) is 16.5. The van der Waals surface area contributed by atoms with Gasteiger partial charge in [0.2, 0.25) is 35.3 Å². The molecule has 0 spiro atoms. The number of hydrogen-bond acceptors (Lipinski definition) is 11. The molecule has 2 fully saturated rings. The minimum atomic E-state index is -1.22. The molecule has 7 amide bonds. The molecule has 1 aliphatic heterocycles. The lowest BCUT2D eigenvalue weighted by atomic mass is 9.77. The minimum Gasteiger partial charge on any atom is -0.364 e. The quantitative estimate of drug-likeness (QED) is 0.0898. The van der Waals surface area contributed by atoms with Crippen molar-refractivity contribution in [2.75, 3.05) is 33.7 Å². The van der Waals surface area contributed by atoms with Crippen molar-refractivity contribution in [2.45, 2.75) is 102 Å². The molecule has 2 heterocycles. The van der Waals surface area contributed by atoms with Crippen LogP contribution in [0.3, 0.4) is 0 Å². The fourth-order valence-electron chi connectivity index (χ4n) is 7.79. The van der Waals surface area contributed by atoms with Crippen molar-refractivity contribution in [3.63, 3.8) is 0 Å². The number of nitrogens with two attached hydrogens (primary N) is 1. The topological polar surface area (TPSA) is 264 Å². The number of nitrogens with zero attached hydrogens (tertiary/aromatic N) is 3. The van der Waals surface area contributed by atoms with Crippen molar-refractivity contribution in [1.29, 1.82) is 0 Å². The van der Waals surface area contributed by atoms with Crippen LogP contribution in [0.2, 0.25) is 0 Å². The van der Waals surface area contributed by atoms with Gasteiger partial charge in [-0.15, -0.1) is 0 Å². The molecule has 1 saturated carbocycles. The van der Waals surface area contributed by atoms with E-state index in [4.69, 9.17) is 5.73 Å². The first-order chi connectivity index (χ1) is 28.6. The van der Waals surface area contributed by atoms with Crippen LogP contribution in [0.25, 0.3) is 0 Å². The van der Waals surface area contributed by atoms with Gasteiger partial charge in [-0.3, -0.25) is 43.3 Å². The van der Waals surface area contributed by atoms with Crippen molar-refractivity contribution in [3.8, 4) is 0 Å². The molecule has 1 aromatic carbocycles. The number of hydrogen-bond donors (Lipinski definition) is 7. The normalized spacial score (nSPS) is 18.6. The maximum Gasteiger partial charge on any atom is 0.290 e. The Hall–Kier alpha value is -5.78. The summed E-state index contributed by atoms with van der Waals surface area (Å²) in [4.78, 5) is 116. The van der Waals surface area contributed by atoms with Crippen LogP contribution in [0, 0.1) is 17.8 Å². The van der Waals surface area contributed by atoms with Crippen LogP contribution in [0.5, 0.6) is 0 Å². The summed E-state index contributed by atoms with van der Waals surface area (Å²) in [6, 6.07) is 4.63. The largest absolute Gasteiger partial charge is 0.364 e. The third-order valence-corrected chi connectivity index (χ3v) is 10.8. The van der Waals surface area contributed by atoms with Gasteiger partial charge in [0.05, 0.1) is 36.2 Å². The number of benzene rings is 1. The number of ketones is 1. The second kappa shape index (κ2) is 22.6. The van der Waals surface area contributed by atoms with Crippen LogP contribution < -0.4 is 37.6 Å². The van der Waals surface area contributed by atoms with Crippen LogP contribution in [-0.4, -0.2) is 114 Å². The zero-order chi connectivity index (χ0) is 43.9. The molecule has 2 aliphatic rings. The lowest BCUT2D eigenvalue weighted by Gasteiger charge is -2.31. The Morgan fingerprint density at radius 3 is 2.18 bits per heavy atom. The average molecular weight is 833 g/mol. The molecule has 60 heavy (non-hydrogen) atoms. The molecule has 2 aromatic rings.